The maximum absolute atomic E-state index is 5.95. The number of guanidine groups is 1. The fraction of sp³-hybridized carbons (Fsp3) is 0.250. The molecule has 0 radical (unpaired) electrons. The predicted octanol–water partition coefficient (Wildman–Crippen LogP) is 3.99. The van der Waals surface area contributed by atoms with Gasteiger partial charge in [0.2, 0.25) is 5.82 Å². The van der Waals surface area contributed by atoms with Crippen molar-refractivity contribution in [1.29, 1.82) is 0 Å². The summed E-state index contributed by atoms with van der Waals surface area (Å²) in [7, 11) is 0. The summed E-state index contributed by atoms with van der Waals surface area (Å²) in [5.74, 6) is 3.37. The number of halogens is 1. The molecule has 4 aromatic rings. The maximum Gasteiger partial charge on any atom is 0.216 e. The van der Waals surface area contributed by atoms with Crippen LogP contribution in [0.3, 0.4) is 0 Å². The Morgan fingerprint density at radius 2 is 2.03 bits per heavy atom. The molecule has 0 aliphatic heterocycles. The van der Waals surface area contributed by atoms with E-state index in [1.54, 1.807) is 12.3 Å². The Bertz CT molecular complexity index is 1080. The summed E-state index contributed by atoms with van der Waals surface area (Å²) in [5.41, 5.74) is 2.03. The van der Waals surface area contributed by atoms with Crippen LogP contribution in [0, 0.1) is 6.92 Å². The number of H-pyrrole nitrogens is 1. The highest BCUT2D eigenvalue weighted by molar-refractivity contribution is 14.0. The van der Waals surface area contributed by atoms with Crippen molar-refractivity contribution in [3.05, 3.63) is 59.8 Å². The summed E-state index contributed by atoms with van der Waals surface area (Å²) >= 11 is 0. The van der Waals surface area contributed by atoms with Gasteiger partial charge in [0.15, 0.2) is 11.7 Å². The number of aryl methyl sites for hydroxylation is 1. The number of benzene rings is 1. The highest BCUT2D eigenvalue weighted by Gasteiger charge is 2.11. The van der Waals surface area contributed by atoms with Crippen LogP contribution in [-0.4, -0.2) is 27.7 Å². The van der Waals surface area contributed by atoms with Crippen molar-refractivity contribution >= 4 is 40.9 Å². The van der Waals surface area contributed by atoms with Crippen LogP contribution in [0.2, 0.25) is 0 Å². The first-order chi connectivity index (χ1) is 13.7. The molecule has 0 spiro atoms. The van der Waals surface area contributed by atoms with Gasteiger partial charge >= 0.3 is 0 Å². The van der Waals surface area contributed by atoms with E-state index in [1.807, 2.05) is 31.2 Å². The highest BCUT2D eigenvalue weighted by Crippen LogP contribution is 2.24. The summed E-state index contributed by atoms with van der Waals surface area (Å²) < 4.78 is 11.3. The lowest BCUT2D eigenvalue weighted by atomic mass is 10.1. The number of aromatic amines is 1. The van der Waals surface area contributed by atoms with E-state index >= 15 is 0 Å². The minimum absolute atomic E-state index is 0. The van der Waals surface area contributed by atoms with E-state index in [9.17, 15) is 0 Å². The van der Waals surface area contributed by atoms with Crippen molar-refractivity contribution < 1.29 is 8.83 Å². The van der Waals surface area contributed by atoms with Gasteiger partial charge in [0, 0.05) is 17.5 Å². The third-order valence-electron chi connectivity index (χ3n) is 4.36. The Balaban J connectivity index is 0.00000240. The van der Waals surface area contributed by atoms with Crippen LogP contribution in [0.15, 0.2) is 56.5 Å². The average molecular weight is 506 g/mol. The molecule has 0 amide bonds. The van der Waals surface area contributed by atoms with Crippen LogP contribution in [0.25, 0.3) is 22.6 Å². The number of aromatic nitrogens is 3. The van der Waals surface area contributed by atoms with Gasteiger partial charge in [-0.25, -0.2) is 9.98 Å². The molecule has 0 saturated carbocycles. The number of fused-ring (bicyclic) bond motifs is 1. The molecule has 3 heterocycles. The summed E-state index contributed by atoms with van der Waals surface area (Å²) in [4.78, 5) is 8.97. The van der Waals surface area contributed by atoms with Gasteiger partial charge in [-0.15, -0.1) is 29.1 Å². The third kappa shape index (κ3) is 4.78. The number of hydrogen-bond donors (Lipinski definition) is 3. The second-order valence-electron chi connectivity index (χ2n) is 6.28. The Labute approximate surface area is 185 Å². The number of nitrogens with zero attached hydrogens (tertiary/aromatic N) is 3. The van der Waals surface area contributed by atoms with Crippen molar-refractivity contribution in [3.8, 4) is 11.6 Å². The van der Waals surface area contributed by atoms with Crippen LogP contribution in [0.5, 0.6) is 0 Å². The zero-order valence-electron chi connectivity index (χ0n) is 16.2. The van der Waals surface area contributed by atoms with Crippen molar-refractivity contribution in [3.63, 3.8) is 0 Å². The second kappa shape index (κ2) is 9.59. The number of para-hydroxylation sites is 1. The summed E-state index contributed by atoms with van der Waals surface area (Å²) in [6, 6.07) is 11.7. The van der Waals surface area contributed by atoms with Gasteiger partial charge in [0.25, 0.3) is 0 Å². The van der Waals surface area contributed by atoms with Crippen molar-refractivity contribution in [2.75, 3.05) is 6.54 Å². The molecule has 0 atom stereocenters. The maximum atomic E-state index is 5.95. The smallest absolute Gasteiger partial charge is 0.216 e. The quantitative estimate of drug-likeness (QED) is 0.208. The fourth-order valence-corrected chi connectivity index (χ4v) is 2.94. The van der Waals surface area contributed by atoms with Gasteiger partial charge in [-0.1, -0.05) is 18.2 Å². The lowest BCUT2D eigenvalue weighted by Gasteiger charge is -2.10. The largest absolute Gasteiger partial charge is 0.461 e. The second-order valence-corrected chi connectivity index (χ2v) is 6.28. The molecule has 0 saturated heterocycles. The van der Waals surface area contributed by atoms with Crippen LogP contribution < -0.4 is 10.6 Å². The molecule has 0 bridgehead atoms. The zero-order valence-corrected chi connectivity index (χ0v) is 18.6. The molecule has 0 aliphatic rings. The van der Waals surface area contributed by atoms with Gasteiger partial charge in [-0.2, -0.15) is 0 Å². The summed E-state index contributed by atoms with van der Waals surface area (Å²) in [5, 5.41) is 14.7. The van der Waals surface area contributed by atoms with Gasteiger partial charge in [-0.05, 0) is 32.0 Å². The van der Waals surface area contributed by atoms with Crippen LogP contribution in [0.1, 0.15) is 24.1 Å². The first kappa shape index (κ1) is 20.9. The minimum atomic E-state index is 0. The van der Waals surface area contributed by atoms with E-state index in [0.717, 1.165) is 28.8 Å². The lowest BCUT2D eigenvalue weighted by molar-refractivity contribution is 0.534. The molecule has 8 nitrogen and oxygen atoms in total. The number of furan rings is 2. The summed E-state index contributed by atoms with van der Waals surface area (Å²) in [6.45, 7) is 5.74. The topological polar surface area (TPSA) is 104 Å². The van der Waals surface area contributed by atoms with Crippen molar-refractivity contribution in [2.45, 2.75) is 26.9 Å². The SMILES string of the molecule is CCNC(=NCc1nc(-c2ccco2)n[nH]1)NCc1oc2ccccc2c1C.I. The average Bonchev–Trinajstić information content (AvgIpc) is 3.45. The molecule has 4 rings (SSSR count). The molecule has 1 aromatic carbocycles. The van der Waals surface area contributed by atoms with Crippen molar-refractivity contribution in [1.82, 2.24) is 25.8 Å². The molecular formula is C20H23IN6O2. The van der Waals surface area contributed by atoms with E-state index in [-0.39, 0.29) is 24.0 Å². The number of nitrogens with one attached hydrogen (secondary N) is 3. The molecule has 29 heavy (non-hydrogen) atoms. The Morgan fingerprint density at radius 1 is 1.17 bits per heavy atom. The molecule has 0 fully saturated rings. The highest BCUT2D eigenvalue weighted by atomic mass is 127. The Morgan fingerprint density at radius 3 is 2.79 bits per heavy atom. The fourth-order valence-electron chi connectivity index (χ4n) is 2.94. The van der Waals surface area contributed by atoms with E-state index in [1.165, 1.54) is 0 Å². The summed E-state index contributed by atoms with van der Waals surface area (Å²) in [6.07, 6.45) is 1.59. The van der Waals surface area contributed by atoms with Gasteiger partial charge in [-0.3, -0.25) is 5.10 Å². The Kier molecular flexibility index (Phi) is 6.91. The minimum Gasteiger partial charge on any atom is -0.461 e. The molecule has 3 aromatic heterocycles. The lowest BCUT2D eigenvalue weighted by Crippen LogP contribution is -2.36. The van der Waals surface area contributed by atoms with E-state index in [0.29, 0.717) is 36.5 Å². The third-order valence-corrected chi connectivity index (χ3v) is 4.36. The Hall–Kier alpha value is -2.82. The number of hydrogen-bond acceptors (Lipinski definition) is 5. The van der Waals surface area contributed by atoms with Gasteiger partial charge in [0.05, 0.1) is 12.8 Å². The number of aliphatic imine (C=N–C) groups is 1. The van der Waals surface area contributed by atoms with Gasteiger partial charge in [0.1, 0.15) is 23.7 Å². The van der Waals surface area contributed by atoms with Crippen LogP contribution in [0.4, 0.5) is 0 Å². The van der Waals surface area contributed by atoms with Crippen LogP contribution in [-0.2, 0) is 13.1 Å². The molecule has 9 heteroatoms. The zero-order chi connectivity index (χ0) is 19.3. The first-order valence-electron chi connectivity index (χ1n) is 9.19. The first-order valence-corrected chi connectivity index (χ1v) is 9.19. The molecule has 0 unspecified atom stereocenters. The van der Waals surface area contributed by atoms with E-state index in [2.05, 4.69) is 43.8 Å². The molecule has 0 aliphatic carbocycles. The number of rotatable bonds is 6. The molecular weight excluding hydrogens is 483 g/mol. The van der Waals surface area contributed by atoms with Crippen LogP contribution >= 0.6 is 24.0 Å². The molecule has 3 N–H and O–H groups in total. The van der Waals surface area contributed by atoms with E-state index < -0.39 is 0 Å². The van der Waals surface area contributed by atoms with Gasteiger partial charge < -0.3 is 19.5 Å². The van der Waals surface area contributed by atoms with E-state index in [4.69, 9.17) is 8.83 Å². The van der Waals surface area contributed by atoms with Crippen molar-refractivity contribution in [2.24, 2.45) is 4.99 Å². The predicted molar refractivity (Wildman–Crippen MR) is 122 cm³/mol. The molecule has 152 valence electrons. The normalized spacial score (nSPS) is 11.4. The standard InChI is InChI=1S/C20H22N6O2.HI/c1-3-21-20(22-11-17-13(2)14-7-4-5-8-15(14)28-17)23-12-18-24-19(26-25-18)16-9-6-10-27-16;/h4-10H,3,11-12H2,1-2H3,(H2,21,22,23)(H,24,25,26);1H. The monoisotopic (exact) mass is 506 g/mol.